The molecule has 0 spiro atoms. The molecule has 4 N–H and O–H groups in total. The lowest BCUT2D eigenvalue weighted by atomic mass is 9.95. The second kappa shape index (κ2) is 8.77. The van der Waals surface area contributed by atoms with Crippen molar-refractivity contribution in [2.45, 2.75) is 25.8 Å². The largest absolute Gasteiger partial charge is 0.352 e. The van der Waals surface area contributed by atoms with Gasteiger partial charge in [0.05, 0.1) is 0 Å². The Bertz CT molecular complexity index is 825. The number of rotatable bonds is 6. The van der Waals surface area contributed by atoms with Gasteiger partial charge in [0.25, 0.3) is 5.91 Å². The fourth-order valence-electron chi connectivity index (χ4n) is 3.58. The molecule has 0 aliphatic heterocycles. The summed E-state index contributed by atoms with van der Waals surface area (Å²) in [5.74, 6) is -0.542. The Morgan fingerprint density at radius 3 is 2.70 bits per heavy atom. The van der Waals surface area contributed by atoms with Crippen LogP contribution in [0.4, 0.5) is 10.1 Å². The van der Waals surface area contributed by atoms with Crippen molar-refractivity contribution in [1.29, 1.82) is 0 Å². The van der Waals surface area contributed by atoms with Crippen molar-refractivity contribution in [3.8, 4) is 0 Å². The number of hydrogen-bond donors (Lipinski definition) is 3. The van der Waals surface area contributed by atoms with Gasteiger partial charge in [-0.05, 0) is 61.2 Å². The summed E-state index contributed by atoms with van der Waals surface area (Å²) >= 11 is 0. The Kier molecular flexibility index (Phi) is 6.19. The van der Waals surface area contributed by atoms with E-state index in [-0.39, 0.29) is 29.2 Å². The maximum absolute atomic E-state index is 13.3. The van der Waals surface area contributed by atoms with Gasteiger partial charge in [0, 0.05) is 23.7 Å². The van der Waals surface area contributed by atoms with Gasteiger partial charge < -0.3 is 16.4 Å². The van der Waals surface area contributed by atoms with Gasteiger partial charge in [-0.25, -0.2) is 4.39 Å². The second-order valence-corrected chi connectivity index (χ2v) is 6.92. The van der Waals surface area contributed by atoms with Crippen LogP contribution in [0, 0.1) is 17.7 Å². The molecule has 5 nitrogen and oxygen atoms in total. The van der Waals surface area contributed by atoms with Crippen LogP contribution in [-0.4, -0.2) is 18.4 Å². The number of anilines is 1. The third-order valence-electron chi connectivity index (χ3n) is 5.04. The quantitative estimate of drug-likeness (QED) is 0.732. The normalized spacial score (nSPS) is 18.9. The van der Waals surface area contributed by atoms with Crippen molar-refractivity contribution in [3.63, 3.8) is 0 Å². The number of carbonyl (C=O) groups is 2. The molecule has 0 bridgehead atoms. The third-order valence-corrected chi connectivity index (χ3v) is 5.04. The molecule has 2 aromatic rings. The first-order valence-electron chi connectivity index (χ1n) is 9.20. The van der Waals surface area contributed by atoms with Crippen LogP contribution in [0.15, 0.2) is 48.5 Å². The van der Waals surface area contributed by atoms with Crippen LogP contribution < -0.4 is 16.4 Å². The lowest BCUT2D eigenvalue weighted by molar-refractivity contribution is -0.126. The van der Waals surface area contributed by atoms with E-state index in [1.165, 1.54) is 18.2 Å². The van der Waals surface area contributed by atoms with Gasteiger partial charge in [0.2, 0.25) is 5.91 Å². The molecule has 0 radical (unpaired) electrons. The van der Waals surface area contributed by atoms with Gasteiger partial charge in [-0.3, -0.25) is 9.59 Å². The summed E-state index contributed by atoms with van der Waals surface area (Å²) in [6, 6.07) is 12.8. The van der Waals surface area contributed by atoms with E-state index in [2.05, 4.69) is 10.6 Å². The fourth-order valence-corrected chi connectivity index (χ4v) is 3.58. The van der Waals surface area contributed by atoms with Crippen molar-refractivity contribution in [2.75, 3.05) is 11.9 Å². The zero-order valence-corrected chi connectivity index (χ0v) is 15.1. The van der Waals surface area contributed by atoms with Crippen molar-refractivity contribution < 1.29 is 14.0 Å². The Labute approximate surface area is 158 Å². The highest BCUT2D eigenvalue weighted by Crippen LogP contribution is 2.31. The maximum Gasteiger partial charge on any atom is 0.255 e. The van der Waals surface area contributed by atoms with Gasteiger partial charge >= 0.3 is 0 Å². The summed E-state index contributed by atoms with van der Waals surface area (Å²) in [6.45, 7) is 0.927. The molecule has 0 heterocycles. The molecule has 2 aromatic carbocycles. The highest BCUT2D eigenvalue weighted by Gasteiger charge is 2.31. The summed E-state index contributed by atoms with van der Waals surface area (Å²) in [4.78, 5) is 24.6. The number of carbonyl (C=O) groups excluding carboxylic acids is 2. The molecule has 1 fully saturated rings. The Balaban J connectivity index is 1.59. The van der Waals surface area contributed by atoms with E-state index in [0.717, 1.165) is 24.8 Å². The van der Waals surface area contributed by atoms with Crippen molar-refractivity contribution >= 4 is 17.5 Å². The van der Waals surface area contributed by atoms with Crippen molar-refractivity contribution in [2.24, 2.45) is 17.6 Å². The molecule has 3 rings (SSSR count). The Hall–Kier alpha value is -2.73. The SMILES string of the molecule is NC[C@H]1CCC[C@H]1C(=O)NCc1cccc(NC(=O)c2cccc(F)c2)c1. The first-order valence-corrected chi connectivity index (χ1v) is 9.20. The predicted molar refractivity (Wildman–Crippen MR) is 103 cm³/mol. The van der Waals surface area contributed by atoms with E-state index in [9.17, 15) is 14.0 Å². The minimum absolute atomic E-state index is 0.00846. The molecular weight excluding hydrogens is 345 g/mol. The average molecular weight is 369 g/mol. The van der Waals surface area contributed by atoms with E-state index in [1.54, 1.807) is 24.3 Å². The summed E-state index contributed by atoms with van der Waals surface area (Å²) < 4.78 is 13.3. The van der Waals surface area contributed by atoms with Gasteiger partial charge in [-0.15, -0.1) is 0 Å². The van der Waals surface area contributed by atoms with Crippen LogP contribution in [0.2, 0.25) is 0 Å². The number of amides is 2. The average Bonchev–Trinajstić information content (AvgIpc) is 3.15. The number of halogens is 1. The summed E-state index contributed by atoms with van der Waals surface area (Å²) in [5.41, 5.74) is 7.47. The molecule has 1 aliphatic rings. The molecule has 2 atom stereocenters. The summed E-state index contributed by atoms with van der Waals surface area (Å²) in [7, 11) is 0. The molecule has 0 unspecified atom stereocenters. The topological polar surface area (TPSA) is 84.2 Å². The van der Waals surface area contributed by atoms with Crippen LogP contribution in [0.25, 0.3) is 0 Å². The second-order valence-electron chi connectivity index (χ2n) is 6.92. The highest BCUT2D eigenvalue weighted by molar-refractivity contribution is 6.04. The lowest BCUT2D eigenvalue weighted by Crippen LogP contribution is -2.34. The number of hydrogen-bond acceptors (Lipinski definition) is 3. The molecule has 0 saturated heterocycles. The predicted octanol–water partition coefficient (Wildman–Crippen LogP) is 3.07. The van der Waals surface area contributed by atoms with E-state index >= 15 is 0 Å². The molecule has 27 heavy (non-hydrogen) atoms. The number of nitrogens with one attached hydrogen (secondary N) is 2. The summed E-state index contributed by atoms with van der Waals surface area (Å²) in [6.07, 6.45) is 2.94. The van der Waals surface area contributed by atoms with Gasteiger partial charge in [-0.2, -0.15) is 0 Å². The van der Waals surface area contributed by atoms with Crippen LogP contribution in [0.5, 0.6) is 0 Å². The third kappa shape index (κ3) is 4.92. The van der Waals surface area contributed by atoms with E-state index < -0.39 is 5.82 Å². The smallest absolute Gasteiger partial charge is 0.255 e. The minimum Gasteiger partial charge on any atom is -0.352 e. The van der Waals surface area contributed by atoms with Crippen molar-refractivity contribution in [3.05, 3.63) is 65.5 Å². The fraction of sp³-hybridized carbons (Fsp3) is 0.333. The molecule has 0 aromatic heterocycles. The zero-order chi connectivity index (χ0) is 19.2. The van der Waals surface area contributed by atoms with Crippen LogP contribution >= 0.6 is 0 Å². The van der Waals surface area contributed by atoms with E-state index in [4.69, 9.17) is 5.73 Å². The van der Waals surface area contributed by atoms with Gasteiger partial charge in [0.15, 0.2) is 0 Å². The van der Waals surface area contributed by atoms with E-state index in [1.807, 2.05) is 6.07 Å². The molecule has 142 valence electrons. The summed E-state index contributed by atoms with van der Waals surface area (Å²) in [5, 5.41) is 5.72. The zero-order valence-electron chi connectivity index (χ0n) is 15.1. The standard InChI is InChI=1S/C21H24FN3O2/c22-17-7-2-5-15(11-17)20(26)25-18-8-1-4-14(10-18)13-24-21(27)19-9-3-6-16(19)12-23/h1-2,4-5,7-8,10-11,16,19H,3,6,9,12-13,23H2,(H,24,27)(H,25,26)/t16-,19-/m1/s1. The highest BCUT2D eigenvalue weighted by atomic mass is 19.1. The molecular formula is C21H24FN3O2. The van der Waals surface area contributed by atoms with Crippen LogP contribution in [-0.2, 0) is 11.3 Å². The molecule has 2 amide bonds. The Morgan fingerprint density at radius 1 is 1.11 bits per heavy atom. The lowest BCUT2D eigenvalue weighted by Gasteiger charge is -2.17. The molecule has 1 saturated carbocycles. The monoisotopic (exact) mass is 369 g/mol. The van der Waals surface area contributed by atoms with Crippen LogP contribution in [0.3, 0.4) is 0 Å². The minimum atomic E-state index is -0.457. The van der Waals surface area contributed by atoms with E-state index in [0.29, 0.717) is 18.8 Å². The van der Waals surface area contributed by atoms with Crippen molar-refractivity contribution in [1.82, 2.24) is 5.32 Å². The molecule has 6 heteroatoms. The number of nitrogens with two attached hydrogens (primary N) is 1. The van der Waals surface area contributed by atoms with Crippen LogP contribution in [0.1, 0.15) is 35.2 Å². The Morgan fingerprint density at radius 2 is 1.93 bits per heavy atom. The first kappa shape index (κ1) is 19.0. The van der Waals surface area contributed by atoms with Gasteiger partial charge in [-0.1, -0.05) is 24.6 Å². The number of benzene rings is 2. The molecule has 1 aliphatic carbocycles. The first-order chi connectivity index (χ1) is 13.1. The van der Waals surface area contributed by atoms with Gasteiger partial charge in [0.1, 0.15) is 5.82 Å². The maximum atomic E-state index is 13.3.